The Morgan fingerprint density at radius 1 is 1.39 bits per heavy atom. The molecule has 0 spiro atoms. The number of fused-ring (bicyclic) bond motifs is 1. The summed E-state index contributed by atoms with van der Waals surface area (Å²) in [7, 11) is 0. The van der Waals surface area contributed by atoms with Crippen molar-refractivity contribution >= 4 is 17.4 Å². The van der Waals surface area contributed by atoms with E-state index in [1.165, 1.54) is 0 Å². The molecule has 0 aromatic heterocycles. The van der Waals surface area contributed by atoms with Crippen LogP contribution in [0.2, 0.25) is 0 Å². The van der Waals surface area contributed by atoms with Crippen molar-refractivity contribution in [2.45, 2.75) is 39.2 Å². The highest BCUT2D eigenvalue weighted by Crippen LogP contribution is 2.34. The highest BCUT2D eigenvalue weighted by Gasteiger charge is 2.35. The molecule has 1 heterocycles. The normalized spacial score (nSPS) is 16.5. The first-order valence-electron chi connectivity index (χ1n) is 6.01. The second-order valence-corrected chi connectivity index (χ2v) is 5.10. The summed E-state index contributed by atoms with van der Waals surface area (Å²) < 4.78 is 5.68. The average Bonchev–Trinajstić information content (AvgIpc) is 2.27. The van der Waals surface area contributed by atoms with E-state index in [9.17, 15) is 9.59 Å². The van der Waals surface area contributed by atoms with Crippen LogP contribution in [0.25, 0.3) is 0 Å². The minimum absolute atomic E-state index is 0.147. The molecule has 0 radical (unpaired) electrons. The molecule has 18 heavy (non-hydrogen) atoms. The molecule has 0 saturated carbocycles. The summed E-state index contributed by atoms with van der Waals surface area (Å²) in [5.74, 6) is 0.689. The number of hydrogen-bond donors (Lipinski definition) is 1. The lowest BCUT2D eigenvalue weighted by Crippen LogP contribution is -2.45. The predicted molar refractivity (Wildman–Crippen MR) is 68.8 cm³/mol. The number of hydrogen-bond acceptors (Lipinski definition) is 3. The topological polar surface area (TPSA) is 55.4 Å². The van der Waals surface area contributed by atoms with E-state index in [4.69, 9.17) is 4.74 Å². The van der Waals surface area contributed by atoms with Crippen molar-refractivity contribution in [2.24, 2.45) is 0 Å². The third kappa shape index (κ3) is 2.53. The number of carbonyl (C=O) groups is 2. The van der Waals surface area contributed by atoms with Gasteiger partial charge in [-0.15, -0.1) is 0 Å². The van der Waals surface area contributed by atoms with Gasteiger partial charge in [0.1, 0.15) is 11.5 Å². The van der Waals surface area contributed by atoms with Gasteiger partial charge in [0, 0.05) is 6.42 Å². The van der Waals surface area contributed by atoms with E-state index < -0.39 is 5.60 Å². The van der Waals surface area contributed by atoms with Crippen LogP contribution in [-0.2, 0) is 16.0 Å². The van der Waals surface area contributed by atoms with Crippen LogP contribution in [-0.4, -0.2) is 17.3 Å². The van der Waals surface area contributed by atoms with E-state index in [2.05, 4.69) is 5.32 Å². The lowest BCUT2D eigenvalue weighted by molar-refractivity contribution is -0.129. The summed E-state index contributed by atoms with van der Waals surface area (Å²) >= 11 is 0. The molecule has 1 N–H and O–H groups in total. The van der Waals surface area contributed by atoms with Crippen LogP contribution in [0.4, 0.5) is 5.69 Å². The van der Waals surface area contributed by atoms with E-state index in [1.807, 2.05) is 18.2 Å². The van der Waals surface area contributed by atoms with Crippen molar-refractivity contribution in [3.63, 3.8) is 0 Å². The summed E-state index contributed by atoms with van der Waals surface area (Å²) in [5, 5.41) is 2.81. The Morgan fingerprint density at radius 2 is 2.11 bits per heavy atom. The maximum Gasteiger partial charge on any atom is 0.268 e. The summed E-state index contributed by atoms with van der Waals surface area (Å²) in [6, 6.07) is 5.61. The van der Waals surface area contributed by atoms with Crippen molar-refractivity contribution < 1.29 is 14.3 Å². The van der Waals surface area contributed by atoms with E-state index in [-0.39, 0.29) is 11.7 Å². The van der Waals surface area contributed by atoms with Gasteiger partial charge in [0.2, 0.25) is 0 Å². The molecule has 0 atom stereocenters. The Bertz CT molecular complexity index is 506. The van der Waals surface area contributed by atoms with Gasteiger partial charge in [0.15, 0.2) is 5.60 Å². The number of nitrogens with one attached hydrogen (secondary N) is 1. The average molecular weight is 247 g/mol. The van der Waals surface area contributed by atoms with Gasteiger partial charge in [-0.25, -0.2) is 0 Å². The smallest absolute Gasteiger partial charge is 0.268 e. The van der Waals surface area contributed by atoms with Crippen molar-refractivity contribution in [3.8, 4) is 5.75 Å². The fraction of sp³-hybridized carbons (Fsp3) is 0.429. The number of benzene rings is 1. The van der Waals surface area contributed by atoms with Crippen LogP contribution < -0.4 is 10.1 Å². The molecule has 1 aliphatic rings. The molecule has 1 aromatic rings. The van der Waals surface area contributed by atoms with Gasteiger partial charge >= 0.3 is 0 Å². The molecule has 2 rings (SSSR count). The van der Waals surface area contributed by atoms with Gasteiger partial charge < -0.3 is 14.8 Å². The lowest BCUT2D eigenvalue weighted by Gasteiger charge is -2.31. The molecule has 0 bridgehead atoms. The summed E-state index contributed by atoms with van der Waals surface area (Å²) in [5.41, 5.74) is 0.869. The van der Waals surface area contributed by atoms with Gasteiger partial charge in [-0.2, -0.15) is 0 Å². The monoisotopic (exact) mass is 247 g/mol. The van der Waals surface area contributed by atoms with Crippen LogP contribution in [0.1, 0.15) is 32.8 Å². The fourth-order valence-corrected chi connectivity index (χ4v) is 1.82. The van der Waals surface area contributed by atoms with Gasteiger partial charge in [-0.1, -0.05) is 6.07 Å². The first-order chi connectivity index (χ1) is 8.38. The van der Waals surface area contributed by atoms with E-state index >= 15 is 0 Å². The molecule has 0 fully saturated rings. The molecular weight excluding hydrogens is 230 g/mol. The molecule has 4 heteroatoms. The molecule has 1 aliphatic heterocycles. The molecule has 0 unspecified atom stereocenters. The Hall–Kier alpha value is -1.84. The van der Waals surface area contributed by atoms with Crippen LogP contribution in [0.15, 0.2) is 18.2 Å². The number of carbonyl (C=O) groups excluding carboxylic acids is 2. The van der Waals surface area contributed by atoms with Gasteiger partial charge in [-0.3, -0.25) is 4.79 Å². The zero-order valence-corrected chi connectivity index (χ0v) is 10.9. The number of aryl methyl sites for hydroxylation is 1. The number of amides is 1. The largest absolute Gasteiger partial charge is 0.476 e. The minimum Gasteiger partial charge on any atom is -0.476 e. The summed E-state index contributed by atoms with van der Waals surface area (Å²) in [4.78, 5) is 22.7. The molecule has 4 nitrogen and oxygen atoms in total. The first kappa shape index (κ1) is 12.6. The van der Waals surface area contributed by atoms with Crippen LogP contribution >= 0.6 is 0 Å². The van der Waals surface area contributed by atoms with Crippen LogP contribution in [0.5, 0.6) is 5.75 Å². The van der Waals surface area contributed by atoms with E-state index in [0.717, 1.165) is 5.56 Å². The number of anilines is 1. The van der Waals surface area contributed by atoms with Crippen molar-refractivity contribution in [3.05, 3.63) is 23.8 Å². The zero-order valence-electron chi connectivity index (χ0n) is 10.9. The zero-order chi connectivity index (χ0) is 13.3. The number of rotatable bonds is 3. The van der Waals surface area contributed by atoms with Gasteiger partial charge in [-0.05, 0) is 44.9 Å². The Morgan fingerprint density at radius 3 is 2.78 bits per heavy atom. The third-order valence-electron chi connectivity index (χ3n) is 2.97. The summed E-state index contributed by atoms with van der Waals surface area (Å²) in [6.07, 6.45) is 1.22. The highest BCUT2D eigenvalue weighted by molar-refractivity contribution is 6.00. The third-order valence-corrected chi connectivity index (χ3v) is 2.97. The Kier molecular flexibility index (Phi) is 3.11. The van der Waals surface area contributed by atoms with Crippen molar-refractivity contribution in [1.82, 2.24) is 0 Å². The maximum atomic E-state index is 11.7. The minimum atomic E-state index is -0.855. The number of ether oxygens (including phenoxy) is 1. The van der Waals surface area contributed by atoms with Crippen molar-refractivity contribution in [2.75, 3.05) is 5.32 Å². The van der Waals surface area contributed by atoms with Crippen LogP contribution in [0, 0.1) is 0 Å². The highest BCUT2D eigenvalue weighted by atomic mass is 16.5. The van der Waals surface area contributed by atoms with Crippen LogP contribution in [0.3, 0.4) is 0 Å². The molecule has 1 amide bonds. The SMILES string of the molecule is CC(=O)CCc1ccc2c(c1)OC(C)(C)C(=O)N2. The number of Topliss-reactive ketones (excluding diaryl/α,β-unsaturated/α-hetero) is 1. The van der Waals surface area contributed by atoms with Crippen molar-refractivity contribution in [1.29, 1.82) is 0 Å². The first-order valence-corrected chi connectivity index (χ1v) is 6.01. The molecule has 1 aromatic carbocycles. The van der Waals surface area contributed by atoms with E-state index in [0.29, 0.717) is 24.3 Å². The standard InChI is InChI=1S/C14H17NO3/c1-9(16)4-5-10-6-7-11-12(8-10)18-14(2,3)13(17)15-11/h6-8H,4-5H2,1-3H3,(H,15,17). The fourth-order valence-electron chi connectivity index (χ4n) is 1.82. The molecule has 96 valence electrons. The Balaban J connectivity index is 2.22. The molecular formula is C14H17NO3. The number of ketones is 1. The van der Waals surface area contributed by atoms with Gasteiger partial charge in [0.25, 0.3) is 5.91 Å². The second kappa shape index (κ2) is 4.44. The van der Waals surface area contributed by atoms with E-state index in [1.54, 1.807) is 20.8 Å². The summed E-state index contributed by atoms with van der Waals surface area (Å²) in [6.45, 7) is 5.04. The van der Waals surface area contributed by atoms with Gasteiger partial charge in [0.05, 0.1) is 5.69 Å². The molecule has 0 saturated heterocycles. The second-order valence-electron chi connectivity index (χ2n) is 5.10. The molecule has 0 aliphatic carbocycles. The predicted octanol–water partition coefficient (Wildman–Crippen LogP) is 2.32. The lowest BCUT2D eigenvalue weighted by atomic mass is 10.0. The Labute approximate surface area is 106 Å². The quantitative estimate of drug-likeness (QED) is 0.891. The maximum absolute atomic E-state index is 11.7.